The normalized spacial score (nSPS) is 11.7. The van der Waals surface area contributed by atoms with Gasteiger partial charge in [-0.15, -0.1) is 0 Å². The highest BCUT2D eigenvalue weighted by atomic mass is 16.5. The third-order valence-electron chi connectivity index (χ3n) is 4.69. The maximum absolute atomic E-state index is 12.2. The third kappa shape index (κ3) is 5.57. The number of esters is 1. The summed E-state index contributed by atoms with van der Waals surface area (Å²) in [7, 11) is 0. The zero-order chi connectivity index (χ0) is 20.6. The number of para-hydroxylation sites is 1. The zero-order valence-corrected chi connectivity index (χ0v) is 16.7. The molecule has 0 heterocycles. The molecule has 0 unspecified atom stereocenters. The first-order valence-electron chi connectivity index (χ1n) is 9.65. The average molecular weight is 391 g/mol. The lowest BCUT2D eigenvalue weighted by Gasteiger charge is -2.16. The van der Waals surface area contributed by atoms with Crippen LogP contribution in [0.4, 0.5) is 0 Å². The van der Waals surface area contributed by atoms with Crippen molar-refractivity contribution in [2.45, 2.75) is 26.3 Å². The van der Waals surface area contributed by atoms with Crippen LogP contribution in [-0.4, -0.2) is 25.1 Å². The van der Waals surface area contributed by atoms with E-state index >= 15 is 0 Å². The van der Waals surface area contributed by atoms with E-state index in [4.69, 9.17) is 9.47 Å². The standard InChI is InChI=1S/C24H25NO4/c1-17-8-3-6-13-22(17)28-15-14-24(27)29-16-23(26)25-18(2)20-12-7-10-19-9-4-5-11-21(19)20/h3-13,18H,14-16H2,1-2H3,(H,25,26)/t18-/m0/s1. The molecule has 3 aromatic rings. The summed E-state index contributed by atoms with van der Waals surface area (Å²) in [5.74, 6) is -0.0629. The van der Waals surface area contributed by atoms with E-state index in [2.05, 4.69) is 5.32 Å². The summed E-state index contributed by atoms with van der Waals surface area (Å²) < 4.78 is 10.6. The molecule has 0 saturated heterocycles. The minimum atomic E-state index is -0.466. The molecule has 1 N–H and O–H groups in total. The number of aryl methyl sites for hydroxylation is 1. The second kappa shape index (κ2) is 9.73. The van der Waals surface area contributed by atoms with E-state index in [1.807, 2.05) is 80.6 Å². The Morgan fingerprint density at radius 1 is 0.966 bits per heavy atom. The quantitative estimate of drug-likeness (QED) is 0.580. The van der Waals surface area contributed by atoms with Crippen molar-refractivity contribution in [1.82, 2.24) is 5.32 Å². The Morgan fingerprint density at radius 3 is 2.52 bits per heavy atom. The van der Waals surface area contributed by atoms with Crippen LogP contribution >= 0.6 is 0 Å². The van der Waals surface area contributed by atoms with Gasteiger partial charge in [0.05, 0.1) is 19.1 Å². The fraction of sp³-hybridized carbons (Fsp3) is 0.250. The monoisotopic (exact) mass is 391 g/mol. The predicted octanol–water partition coefficient (Wildman–Crippen LogP) is 4.34. The van der Waals surface area contributed by atoms with Crippen molar-refractivity contribution in [3.63, 3.8) is 0 Å². The molecule has 1 atom stereocenters. The van der Waals surface area contributed by atoms with Gasteiger partial charge in [-0.1, -0.05) is 60.7 Å². The van der Waals surface area contributed by atoms with Crippen molar-refractivity contribution in [3.8, 4) is 5.75 Å². The first-order chi connectivity index (χ1) is 14.0. The van der Waals surface area contributed by atoms with Gasteiger partial charge in [0.15, 0.2) is 6.61 Å². The third-order valence-corrected chi connectivity index (χ3v) is 4.69. The Hall–Kier alpha value is -3.34. The van der Waals surface area contributed by atoms with Gasteiger partial charge in [-0.2, -0.15) is 0 Å². The van der Waals surface area contributed by atoms with Crippen molar-refractivity contribution in [2.75, 3.05) is 13.2 Å². The maximum atomic E-state index is 12.2. The van der Waals surface area contributed by atoms with E-state index in [1.54, 1.807) is 0 Å². The van der Waals surface area contributed by atoms with Crippen molar-refractivity contribution >= 4 is 22.6 Å². The van der Waals surface area contributed by atoms with E-state index in [1.165, 1.54) is 0 Å². The highest BCUT2D eigenvalue weighted by molar-refractivity contribution is 5.87. The highest BCUT2D eigenvalue weighted by Gasteiger charge is 2.14. The lowest BCUT2D eigenvalue weighted by molar-refractivity contribution is -0.149. The van der Waals surface area contributed by atoms with Gasteiger partial charge in [-0.05, 0) is 41.8 Å². The van der Waals surface area contributed by atoms with Crippen molar-refractivity contribution in [3.05, 3.63) is 77.9 Å². The number of carbonyl (C=O) groups is 2. The number of benzene rings is 3. The van der Waals surface area contributed by atoms with E-state index in [0.717, 1.165) is 27.6 Å². The smallest absolute Gasteiger partial charge is 0.309 e. The molecular weight excluding hydrogens is 366 g/mol. The fourth-order valence-corrected chi connectivity index (χ4v) is 3.17. The van der Waals surface area contributed by atoms with Gasteiger partial charge < -0.3 is 14.8 Å². The van der Waals surface area contributed by atoms with Gasteiger partial charge in [0, 0.05) is 0 Å². The van der Waals surface area contributed by atoms with E-state index in [0.29, 0.717) is 0 Å². The molecule has 0 saturated carbocycles. The van der Waals surface area contributed by atoms with Gasteiger partial charge in [0.2, 0.25) is 0 Å². The van der Waals surface area contributed by atoms with Crippen LogP contribution in [0.15, 0.2) is 66.7 Å². The largest absolute Gasteiger partial charge is 0.493 e. The summed E-state index contributed by atoms with van der Waals surface area (Å²) in [6.07, 6.45) is 0.0838. The first kappa shape index (κ1) is 20.4. The minimum absolute atomic E-state index is 0.0838. The van der Waals surface area contributed by atoms with Crippen LogP contribution < -0.4 is 10.1 Å². The number of rotatable bonds is 8. The molecule has 0 aromatic heterocycles. The lowest BCUT2D eigenvalue weighted by Crippen LogP contribution is -2.31. The summed E-state index contributed by atoms with van der Waals surface area (Å²) >= 11 is 0. The molecule has 0 aliphatic heterocycles. The van der Waals surface area contributed by atoms with Gasteiger partial charge in [0.1, 0.15) is 5.75 Å². The van der Waals surface area contributed by atoms with Crippen molar-refractivity contribution in [2.24, 2.45) is 0 Å². The SMILES string of the molecule is Cc1ccccc1OCCC(=O)OCC(=O)N[C@@H](C)c1cccc2ccccc12. The first-order valence-corrected chi connectivity index (χ1v) is 9.65. The Morgan fingerprint density at radius 2 is 1.69 bits per heavy atom. The fourth-order valence-electron chi connectivity index (χ4n) is 3.17. The number of hydrogen-bond acceptors (Lipinski definition) is 4. The Balaban J connectivity index is 1.44. The number of amides is 1. The molecule has 3 aromatic carbocycles. The minimum Gasteiger partial charge on any atom is -0.493 e. The Kier molecular flexibility index (Phi) is 6.85. The maximum Gasteiger partial charge on any atom is 0.309 e. The van der Waals surface area contributed by atoms with Crippen LogP contribution in [0.3, 0.4) is 0 Å². The van der Waals surface area contributed by atoms with Crippen LogP contribution in [-0.2, 0) is 14.3 Å². The van der Waals surface area contributed by atoms with Gasteiger partial charge >= 0.3 is 5.97 Å². The van der Waals surface area contributed by atoms with Crippen LogP contribution in [0, 0.1) is 6.92 Å². The van der Waals surface area contributed by atoms with Crippen LogP contribution in [0.25, 0.3) is 10.8 Å². The summed E-state index contributed by atoms with van der Waals surface area (Å²) in [6.45, 7) is 3.75. The number of fused-ring (bicyclic) bond motifs is 1. The summed E-state index contributed by atoms with van der Waals surface area (Å²) in [4.78, 5) is 24.1. The van der Waals surface area contributed by atoms with Gasteiger partial charge in [0.25, 0.3) is 5.91 Å². The molecule has 0 aliphatic carbocycles. The lowest BCUT2D eigenvalue weighted by atomic mass is 10.00. The van der Waals surface area contributed by atoms with Crippen molar-refractivity contribution < 1.29 is 19.1 Å². The van der Waals surface area contributed by atoms with Gasteiger partial charge in [-0.25, -0.2) is 0 Å². The molecule has 5 heteroatoms. The van der Waals surface area contributed by atoms with Crippen LogP contribution in [0.1, 0.15) is 30.5 Å². The molecule has 0 spiro atoms. The second-order valence-electron chi connectivity index (χ2n) is 6.88. The van der Waals surface area contributed by atoms with Crippen LogP contribution in [0.2, 0.25) is 0 Å². The number of nitrogens with one attached hydrogen (secondary N) is 1. The molecule has 29 heavy (non-hydrogen) atoms. The molecule has 0 bridgehead atoms. The topological polar surface area (TPSA) is 64.6 Å². The van der Waals surface area contributed by atoms with Gasteiger partial charge in [-0.3, -0.25) is 9.59 Å². The number of ether oxygens (including phenoxy) is 2. The Labute approximate surface area is 170 Å². The Bertz CT molecular complexity index is 994. The number of hydrogen-bond donors (Lipinski definition) is 1. The summed E-state index contributed by atoms with van der Waals surface area (Å²) in [5.41, 5.74) is 2.03. The second-order valence-corrected chi connectivity index (χ2v) is 6.88. The molecule has 5 nitrogen and oxygen atoms in total. The molecule has 150 valence electrons. The molecule has 0 fully saturated rings. The summed E-state index contributed by atoms with van der Waals surface area (Å²) in [6, 6.07) is 21.4. The van der Waals surface area contributed by atoms with E-state index in [9.17, 15) is 9.59 Å². The summed E-state index contributed by atoms with van der Waals surface area (Å²) in [5, 5.41) is 5.09. The van der Waals surface area contributed by atoms with Crippen LogP contribution in [0.5, 0.6) is 5.75 Å². The van der Waals surface area contributed by atoms with E-state index in [-0.39, 0.29) is 31.6 Å². The molecule has 0 radical (unpaired) electrons. The highest BCUT2D eigenvalue weighted by Crippen LogP contribution is 2.24. The average Bonchev–Trinajstić information content (AvgIpc) is 2.73. The van der Waals surface area contributed by atoms with Crippen molar-refractivity contribution in [1.29, 1.82) is 0 Å². The zero-order valence-electron chi connectivity index (χ0n) is 16.7. The number of carbonyl (C=O) groups excluding carboxylic acids is 2. The molecule has 3 rings (SSSR count). The molecule has 0 aliphatic rings. The predicted molar refractivity (Wildman–Crippen MR) is 113 cm³/mol. The van der Waals surface area contributed by atoms with E-state index < -0.39 is 5.97 Å². The molecular formula is C24H25NO4. The molecule has 1 amide bonds.